The van der Waals surface area contributed by atoms with Gasteiger partial charge in [0.15, 0.2) is 11.2 Å². The zero-order chi connectivity index (χ0) is 19.7. The summed E-state index contributed by atoms with van der Waals surface area (Å²) in [5, 5.41) is 6.09. The molecular formula is C18H26N6O3. The highest BCUT2D eigenvalue weighted by Crippen LogP contribution is 2.18. The van der Waals surface area contributed by atoms with Crippen molar-refractivity contribution in [2.75, 3.05) is 18.4 Å². The van der Waals surface area contributed by atoms with Gasteiger partial charge in [-0.05, 0) is 33.2 Å². The monoisotopic (exact) mass is 374 g/mol. The summed E-state index contributed by atoms with van der Waals surface area (Å²) in [6, 6.07) is 0. The van der Waals surface area contributed by atoms with Crippen molar-refractivity contribution in [3.63, 3.8) is 0 Å². The van der Waals surface area contributed by atoms with Crippen molar-refractivity contribution in [3.05, 3.63) is 32.5 Å². The first-order valence-electron chi connectivity index (χ1n) is 9.12. The van der Waals surface area contributed by atoms with Crippen LogP contribution < -0.4 is 21.9 Å². The van der Waals surface area contributed by atoms with Crippen molar-refractivity contribution >= 4 is 23.0 Å². The number of rotatable bonds is 4. The molecule has 1 aliphatic heterocycles. The number of piperidine rings is 1. The molecule has 0 aliphatic carbocycles. The van der Waals surface area contributed by atoms with Gasteiger partial charge in [-0.2, -0.15) is 4.98 Å². The summed E-state index contributed by atoms with van der Waals surface area (Å²) < 4.78 is 4.05. The number of aryl methyl sites for hydroxylation is 1. The Balaban J connectivity index is 2.11. The zero-order valence-corrected chi connectivity index (χ0v) is 16.2. The molecule has 0 spiro atoms. The quantitative estimate of drug-likeness (QED) is 0.751. The number of amides is 1. The van der Waals surface area contributed by atoms with Gasteiger partial charge in [-0.25, -0.2) is 4.79 Å². The molecule has 0 bridgehead atoms. The average molecular weight is 374 g/mol. The summed E-state index contributed by atoms with van der Waals surface area (Å²) in [4.78, 5) is 42.0. The Morgan fingerprint density at radius 1 is 1.30 bits per heavy atom. The van der Waals surface area contributed by atoms with E-state index in [1.807, 2.05) is 19.9 Å². The third kappa shape index (κ3) is 3.59. The molecule has 0 aromatic carbocycles. The molecule has 9 nitrogen and oxygen atoms in total. The van der Waals surface area contributed by atoms with Crippen LogP contribution in [0, 0.1) is 5.92 Å². The number of fused-ring (bicyclic) bond motifs is 1. The number of hydrogen-bond donors (Lipinski definition) is 2. The molecule has 27 heavy (non-hydrogen) atoms. The van der Waals surface area contributed by atoms with Gasteiger partial charge in [-0.15, -0.1) is 0 Å². The fourth-order valence-corrected chi connectivity index (χ4v) is 3.28. The SMILES string of the molecule is CC(C)=CCn1c(NC(=O)C2CCCNC2)nc2c1c(=O)n(C)c(=O)n2C. The molecule has 146 valence electrons. The van der Waals surface area contributed by atoms with Crippen LogP contribution in [0.3, 0.4) is 0 Å². The zero-order valence-electron chi connectivity index (χ0n) is 16.2. The van der Waals surface area contributed by atoms with Gasteiger partial charge in [0, 0.05) is 27.2 Å². The van der Waals surface area contributed by atoms with Gasteiger partial charge in [0.2, 0.25) is 11.9 Å². The van der Waals surface area contributed by atoms with Gasteiger partial charge in [-0.1, -0.05) is 11.6 Å². The summed E-state index contributed by atoms with van der Waals surface area (Å²) in [6.45, 7) is 5.84. The van der Waals surface area contributed by atoms with Crippen LogP contribution in [0.25, 0.3) is 11.2 Å². The highest BCUT2D eigenvalue weighted by atomic mass is 16.2. The average Bonchev–Trinajstić information content (AvgIpc) is 3.01. The largest absolute Gasteiger partial charge is 0.332 e. The van der Waals surface area contributed by atoms with Crippen molar-refractivity contribution in [2.24, 2.45) is 20.0 Å². The number of carbonyl (C=O) groups is 1. The molecular weight excluding hydrogens is 348 g/mol. The van der Waals surface area contributed by atoms with Gasteiger partial charge in [0.25, 0.3) is 5.56 Å². The smallest absolute Gasteiger partial charge is 0.316 e. The molecule has 0 radical (unpaired) electrons. The minimum Gasteiger partial charge on any atom is -0.316 e. The molecule has 2 aromatic rings. The van der Waals surface area contributed by atoms with Gasteiger partial charge >= 0.3 is 5.69 Å². The van der Waals surface area contributed by atoms with Crippen LogP contribution in [0.5, 0.6) is 0 Å². The summed E-state index contributed by atoms with van der Waals surface area (Å²) in [6.07, 6.45) is 3.71. The van der Waals surface area contributed by atoms with Gasteiger partial charge in [-0.3, -0.25) is 24.0 Å². The minimum absolute atomic E-state index is 0.127. The number of imidazole rings is 1. The fraction of sp³-hybridized carbons (Fsp3) is 0.556. The maximum Gasteiger partial charge on any atom is 0.332 e. The molecule has 9 heteroatoms. The van der Waals surface area contributed by atoms with Crippen molar-refractivity contribution in [1.29, 1.82) is 0 Å². The second-order valence-corrected chi connectivity index (χ2v) is 7.24. The summed E-state index contributed by atoms with van der Waals surface area (Å²) in [5.74, 6) is 0.0243. The van der Waals surface area contributed by atoms with E-state index >= 15 is 0 Å². The summed E-state index contributed by atoms with van der Waals surface area (Å²) in [5.41, 5.74) is 0.764. The van der Waals surface area contributed by atoms with Gasteiger partial charge in [0.05, 0.1) is 5.92 Å². The first kappa shape index (κ1) is 19.1. The van der Waals surface area contributed by atoms with Gasteiger partial charge < -0.3 is 9.88 Å². The topological polar surface area (TPSA) is 103 Å². The second kappa shape index (κ2) is 7.51. The molecule has 1 amide bonds. The number of hydrogen-bond acceptors (Lipinski definition) is 5. The van der Waals surface area contributed by atoms with Crippen molar-refractivity contribution in [3.8, 4) is 0 Å². The van der Waals surface area contributed by atoms with Gasteiger partial charge in [0.1, 0.15) is 0 Å². The lowest BCUT2D eigenvalue weighted by atomic mass is 9.99. The third-order valence-electron chi connectivity index (χ3n) is 4.93. The Morgan fingerprint density at radius 2 is 2.04 bits per heavy atom. The third-order valence-corrected chi connectivity index (χ3v) is 4.93. The molecule has 1 fully saturated rings. The number of aromatic nitrogens is 4. The van der Waals surface area contributed by atoms with E-state index in [1.165, 1.54) is 11.6 Å². The Hall–Kier alpha value is -2.68. The van der Waals surface area contributed by atoms with E-state index < -0.39 is 11.2 Å². The number of nitrogens with one attached hydrogen (secondary N) is 2. The Labute approximate surface area is 156 Å². The molecule has 1 unspecified atom stereocenters. The van der Waals surface area contributed by atoms with Crippen LogP contribution in [0.2, 0.25) is 0 Å². The normalized spacial score (nSPS) is 17.1. The fourth-order valence-electron chi connectivity index (χ4n) is 3.28. The first-order chi connectivity index (χ1) is 12.8. The molecule has 1 aliphatic rings. The summed E-state index contributed by atoms with van der Waals surface area (Å²) in [7, 11) is 3.01. The number of carbonyl (C=O) groups excluding carboxylic acids is 1. The Morgan fingerprint density at radius 3 is 2.67 bits per heavy atom. The number of nitrogens with zero attached hydrogens (tertiary/aromatic N) is 4. The molecule has 0 saturated carbocycles. The van der Waals surface area contributed by atoms with E-state index in [2.05, 4.69) is 15.6 Å². The van der Waals surface area contributed by atoms with E-state index in [1.54, 1.807) is 11.6 Å². The highest BCUT2D eigenvalue weighted by molar-refractivity contribution is 5.92. The lowest BCUT2D eigenvalue weighted by Crippen LogP contribution is -2.38. The van der Waals surface area contributed by atoms with Crippen LogP contribution in [-0.4, -0.2) is 37.7 Å². The van der Waals surface area contributed by atoms with Crippen molar-refractivity contribution < 1.29 is 4.79 Å². The summed E-state index contributed by atoms with van der Waals surface area (Å²) >= 11 is 0. The van der Waals surface area contributed by atoms with Crippen molar-refractivity contribution in [1.82, 2.24) is 24.0 Å². The lowest BCUT2D eigenvalue weighted by molar-refractivity contribution is -0.120. The predicted molar refractivity (Wildman–Crippen MR) is 104 cm³/mol. The van der Waals surface area contributed by atoms with Crippen LogP contribution in [-0.2, 0) is 25.4 Å². The molecule has 3 rings (SSSR count). The Bertz CT molecular complexity index is 1020. The first-order valence-corrected chi connectivity index (χ1v) is 9.12. The number of anilines is 1. The van der Waals surface area contributed by atoms with Crippen LogP contribution in [0.15, 0.2) is 21.2 Å². The van der Waals surface area contributed by atoms with Crippen LogP contribution in [0.1, 0.15) is 26.7 Å². The maximum atomic E-state index is 12.7. The van der Waals surface area contributed by atoms with E-state index in [4.69, 9.17) is 0 Å². The van der Waals surface area contributed by atoms with Crippen LogP contribution in [0.4, 0.5) is 5.95 Å². The standard InChI is InChI=1S/C18H26N6O3/c1-11(2)7-9-24-13-14(22(3)18(27)23(4)16(13)26)20-17(24)21-15(25)12-6-5-8-19-10-12/h7,12,19H,5-6,8-10H2,1-4H3,(H,20,21,25). The number of allylic oxidation sites excluding steroid dienone is 2. The van der Waals surface area contributed by atoms with Crippen LogP contribution >= 0.6 is 0 Å². The van der Waals surface area contributed by atoms with Crippen molar-refractivity contribution in [2.45, 2.75) is 33.2 Å². The lowest BCUT2D eigenvalue weighted by Gasteiger charge is -2.21. The maximum absolute atomic E-state index is 12.7. The minimum atomic E-state index is -0.450. The Kier molecular flexibility index (Phi) is 5.31. The molecule has 1 atom stereocenters. The molecule has 1 saturated heterocycles. The van der Waals surface area contributed by atoms with E-state index in [9.17, 15) is 14.4 Å². The van der Waals surface area contributed by atoms with E-state index in [0.717, 1.165) is 29.5 Å². The van der Waals surface area contributed by atoms with E-state index in [0.29, 0.717) is 18.6 Å². The second-order valence-electron chi connectivity index (χ2n) is 7.24. The highest BCUT2D eigenvalue weighted by Gasteiger charge is 2.24. The molecule has 2 aromatic heterocycles. The predicted octanol–water partition coefficient (Wildman–Crippen LogP) is 0.338. The molecule has 3 heterocycles. The van der Waals surface area contributed by atoms with E-state index in [-0.39, 0.29) is 23.4 Å². The molecule has 2 N–H and O–H groups in total.